The molecule has 1 aromatic heterocycles. The van der Waals surface area contributed by atoms with Crippen LogP contribution in [0.2, 0.25) is 0 Å². The van der Waals surface area contributed by atoms with Gasteiger partial charge >= 0.3 is 0 Å². The Bertz CT molecular complexity index is 2620. The Morgan fingerprint density at radius 1 is 0.409 bits per heavy atom. The predicted molar refractivity (Wildman–Crippen MR) is 186 cm³/mol. The molecule has 0 N–H and O–H groups in total. The minimum absolute atomic E-state index is 0.0910. The van der Waals surface area contributed by atoms with Crippen molar-refractivity contribution in [3.05, 3.63) is 145 Å². The quantitative estimate of drug-likeness (QED) is 0.192. The van der Waals surface area contributed by atoms with Crippen molar-refractivity contribution in [2.45, 2.75) is 19.3 Å². The molecule has 0 saturated heterocycles. The van der Waals surface area contributed by atoms with E-state index in [9.17, 15) is 0 Å². The van der Waals surface area contributed by atoms with E-state index in [1.165, 1.54) is 87.6 Å². The number of benzene rings is 8. The van der Waals surface area contributed by atoms with E-state index in [0.29, 0.717) is 0 Å². The molecule has 8 aromatic carbocycles. The Kier molecular flexibility index (Phi) is 4.58. The van der Waals surface area contributed by atoms with Crippen molar-refractivity contribution < 1.29 is 4.42 Å². The Balaban J connectivity index is 1.21. The highest BCUT2D eigenvalue weighted by Crippen LogP contribution is 2.52. The highest BCUT2D eigenvalue weighted by Gasteiger charge is 2.36. The van der Waals surface area contributed by atoms with Gasteiger partial charge in [0, 0.05) is 16.2 Å². The summed E-state index contributed by atoms with van der Waals surface area (Å²) in [4.78, 5) is 0. The standard InChI is InChI=1S/C43H28O/c1-43(2)37-21-16-28(22-34(37)35-24-40-36(23-38(35)43)31-10-6-7-11-39(31)44-40)30-18-13-27-14-19-32-29(25-8-4-3-5-9-25)17-12-26-15-20-33(30)42(27)41(26)32/h3-24H,1-2H3. The number of rotatable bonds is 2. The van der Waals surface area contributed by atoms with Crippen molar-refractivity contribution >= 4 is 54.3 Å². The van der Waals surface area contributed by atoms with E-state index in [1.807, 2.05) is 6.07 Å². The van der Waals surface area contributed by atoms with Crippen molar-refractivity contribution in [1.29, 1.82) is 0 Å². The molecule has 0 unspecified atom stereocenters. The molecule has 1 aliphatic carbocycles. The highest BCUT2D eigenvalue weighted by molar-refractivity contribution is 6.27. The summed E-state index contributed by atoms with van der Waals surface area (Å²) in [5, 5.41) is 10.3. The fourth-order valence-corrected chi connectivity index (χ4v) is 8.06. The van der Waals surface area contributed by atoms with Gasteiger partial charge in [-0.2, -0.15) is 0 Å². The van der Waals surface area contributed by atoms with E-state index in [2.05, 4.69) is 141 Å². The molecule has 0 saturated carbocycles. The summed E-state index contributed by atoms with van der Waals surface area (Å²) < 4.78 is 6.34. The van der Waals surface area contributed by atoms with Crippen LogP contribution in [-0.4, -0.2) is 0 Å². The van der Waals surface area contributed by atoms with Crippen LogP contribution in [-0.2, 0) is 5.41 Å². The summed E-state index contributed by atoms with van der Waals surface area (Å²) in [5.41, 5.74) is 12.2. The molecule has 10 rings (SSSR count). The van der Waals surface area contributed by atoms with Gasteiger partial charge in [-0.15, -0.1) is 0 Å². The van der Waals surface area contributed by atoms with Crippen LogP contribution in [0.3, 0.4) is 0 Å². The van der Waals surface area contributed by atoms with E-state index in [4.69, 9.17) is 4.42 Å². The van der Waals surface area contributed by atoms with Gasteiger partial charge < -0.3 is 4.42 Å². The molecule has 0 amide bonds. The topological polar surface area (TPSA) is 13.1 Å². The third kappa shape index (κ3) is 3.09. The van der Waals surface area contributed by atoms with E-state index in [1.54, 1.807) is 0 Å². The third-order valence-electron chi connectivity index (χ3n) is 10.2. The second kappa shape index (κ2) is 8.36. The van der Waals surface area contributed by atoms with Gasteiger partial charge in [-0.25, -0.2) is 0 Å². The van der Waals surface area contributed by atoms with Gasteiger partial charge in [0.05, 0.1) is 0 Å². The minimum atomic E-state index is -0.0910. The number of para-hydroxylation sites is 1. The van der Waals surface area contributed by atoms with Crippen molar-refractivity contribution in [2.75, 3.05) is 0 Å². The molecule has 9 aromatic rings. The zero-order chi connectivity index (χ0) is 29.2. The summed E-state index contributed by atoms with van der Waals surface area (Å²) in [6.45, 7) is 4.71. The predicted octanol–water partition coefficient (Wildman–Crippen LogP) is 12.1. The summed E-state index contributed by atoms with van der Waals surface area (Å²) in [6.07, 6.45) is 0. The van der Waals surface area contributed by atoms with Gasteiger partial charge in [0.15, 0.2) is 0 Å². The maximum atomic E-state index is 6.34. The molecule has 1 aliphatic rings. The van der Waals surface area contributed by atoms with Crippen LogP contribution in [0.4, 0.5) is 0 Å². The van der Waals surface area contributed by atoms with Gasteiger partial charge in [-0.05, 0) is 101 Å². The maximum absolute atomic E-state index is 6.34. The summed E-state index contributed by atoms with van der Waals surface area (Å²) in [7, 11) is 0. The molecule has 0 atom stereocenters. The van der Waals surface area contributed by atoms with E-state index in [0.717, 1.165) is 11.2 Å². The molecule has 1 heterocycles. The van der Waals surface area contributed by atoms with Crippen molar-refractivity contribution in [3.63, 3.8) is 0 Å². The molecule has 1 heteroatoms. The monoisotopic (exact) mass is 560 g/mol. The molecule has 1 nitrogen and oxygen atoms in total. The smallest absolute Gasteiger partial charge is 0.136 e. The zero-order valence-corrected chi connectivity index (χ0v) is 24.6. The van der Waals surface area contributed by atoms with Gasteiger partial charge in [-0.1, -0.05) is 123 Å². The Morgan fingerprint density at radius 3 is 1.80 bits per heavy atom. The minimum Gasteiger partial charge on any atom is -0.456 e. The lowest BCUT2D eigenvalue weighted by atomic mass is 9.81. The van der Waals surface area contributed by atoms with Crippen LogP contribution < -0.4 is 0 Å². The van der Waals surface area contributed by atoms with E-state index in [-0.39, 0.29) is 5.41 Å². The lowest BCUT2D eigenvalue weighted by Crippen LogP contribution is -2.14. The number of hydrogen-bond donors (Lipinski definition) is 0. The number of hydrogen-bond acceptors (Lipinski definition) is 1. The second-order valence-electron chi connectivity index (χ2n) is 12.9. The van der Waals surface area contributed by atoms with Gasteiger partial charge in [0.25, 0.3) is 0 Å². The Morgan fingerprint density at radius 2 is 1.05 bits per heavy atom. The first kappa shape index (κ1) is 24.1. The number of furan rings is 1. The normalized spacial score (nSPS) is 13.9. The molecule has 0 fully saturated rings. The lowest BCUT2D eigenvalue weighted by molar-refractivity contribution is 0.658. The van der Waals surface area contributed by atoms with Gasteiger partial charge in [0.2, 0.25) is 0 Å². The van der Waals surface area contributed by atoms with E-state index >= 15 is 0 Å². The van der Waals surface area contributed by atoms with Crippen LogP contribution in [0, 0.1) is 0 Å². The number of fused-ring (bicyclic) bond motifs is 6. The summed E-state index contributed by atoms with van der Waals surface area (Å²) in [6, 6.07) is 49.2. The summed E-state index contributed by atoms with van der Waals surface area (Å²) in [5.74, 6) is 0. The first-order valence-electron chi connectivity index (χ1n) is 15.4. The van der Waals surface area contributed by atoms with Crippen molar-refractivity contribution in [3.8, 4) is 33.4 Å². The molecular weight excluding hydrogens is 532 g/mol. The second-order valence-corrected chi connectivity index (χ2v) is 12.9. The SMILES string of the molecule is CC1(C)c2ccc(-c3ccc4ccc5c(-c6ccccc6)ccc6ccc3c4c65)cc2-c2cc3oc4ccccc4c3cc21. The van der Waals surface area contributed by atoms with Crippen LogP contribution in [0.5, 0.6) is 0 Å². The molecule has 44 heavy (non-hydrogen) atoms. The maximum Gasteiger partial charge on any atom is 0.136 e. The molecule has 0 aliphatic heterocycles. The fourth-order valence-electron chi connectivity index (χ4n) is 8.06. The largest absolute Gasteiger partial charge is 0.456 e. The van der Waals surface area contributed by atoms with Crippen molar-refractivity contribution in [1.82, 2.24) is 0 Å². The zero-order valence-electron chi connectivity index (χ0n) is 24.6. The average molecular weight is 561 g/mol. The Hall–Kier alpha value is -5.40. The molecule has 0 bridgehead atoms. The van der Waals surface area contributed by atoms with Crippen LogP contribution in [0.25, 0.3) is 87.6 Å². The molecule has 0 spiro atoms. The van der Waals surface area contributed by atoms with Crippen LogP contribution >= 0.6 is 0 Å². The molecule has 206 valence electrons. The van der Waals surface area contributed by atoms with Gasteiger partial charge in [-0.3, -0.25) is 0 Å². The highest BCUT2D eigenvalue weighted by atomic mass is 16.3. The Labute approximate surface area is 255 Å². The van der Waals surface area contributed by atoms with Crippen LogP contribution in [0.15, 0.2) is 138 Å². The molecule has 0 radical (unpaired) electrons. The summed E-state index contributed by atoms with van der Waals surface area (Å²) >= 11 is 0. The lowest BCUT2D eigenvalue weighted by Gasteiger charge is -2.22. The first-order chi connectivity index (χ1) is 21.6. The van der Waals surface area contributed by atoms with E-state index < -0.39 is 0 Å². The fraction of sp³-hybridized carbons (Fsp3) is 0.0698. The first-order valence-corrected chi connectivity index (χ1v) is 15.4. The average Bonchev–Trinajstić information content (AvgIpc) is 3.54. The third-order valence-corrected chi connectivity index (χ3v) is 10.2. The van der Waals surface area contributed by atoms with Gasteiger partial charge in [0.1, 0.15) is 11.2 Å². The molecular formula is C43H28O. The van der Waals surface area contributed by atoms with Crippen LogP contribution in [0.1, 0.15) is 25.0 Å². The van der Waals surface area contributed by atoms with Crippen molar-refractivity contribution in [2.24, 2.45) is 0 Å².